The van der Waals surface area contributed by atoms with Crippen molar-refractivity contribution in [2.75, 3.05) is 13.2 Å². The Morgan fingerprint density at radius 2 is 1.69 bits per heavy atom. The lowest BCUT2D eigenvalue weighted by Gasteiger charge is -2.16. The Morgan fingerprint density at radius 3 is 2.31 bits per heavy atom. The van der Waals surface area contributed by atoms with Crippen LogP contribution in [0.25, 0.3) is 11.1 Å². The fraction of sp³-hybridized carbons (Fsp3) is 0.280. The van der Waals surface area contributed by atoms with E-state index in [1.54, 1.807) is 0 Å². The predicted molar refractivity (Wildman–Crippen MR) is 126 cm³/mol. The van der Waals surface area contributed by atoms with Gasteiger partial charge in [-0.2, -0.15) is 5.10 Å². The molecular weight excluding hydrogens is 452 g/mol. The highest BCUT2D eigenvalue weighted by Crippen LogP contribution is 2.44. The summed E-state index contributed by atoms with van der Waals surface area (Å²) in [6.07, 6.45) is -0.735. The highest BCUT2D eigenvalue weighted by atomic mass is 16.5. The maximum absolute atomic E-state index is 12.2. The van der Waals surface area contributed by atoms with Gasteiger partial charge in [0.05, 0.1) is 18.7 Å². The summed E-state index contributed by atoms with van der Waals surface area (Å²) in [4.78, 5) is 35.6. The minimum Gasteiger partial charge on any atom is -0.477 e. The fourth-order valence-electron chi connectivity index (χ4n) is 4.29. The number of alkyl carbamates (subject to hydrolysis) is 1. The maximum atomic E-state index is 12.2. The molecule has 0 spiro atoms. The third kappa shape index (κ3) is 5.33. The van der Waals surface area contributed by atoms with Gasteiger partial charge in [0.15, 0.2) is 5.69 Å². The molecule has 1 aromatic heterocycles. The number of carboxylic acid groups (broad SMARTS) is 1. The number of hydrogen-bond acceptors (Lipinski definition) is 6. The number of carbonyl (C=O) groups excluding carboxylic acids is 2. The molecule has 1 aliphatic rings. The summed E-state index contributed by atoms with van der Waals surface area (Å²) >= 11 is 0. The SMILES string of the molecule is Cn1ncc(CNC(=O)CC(O)CNC(=O)OCC2c3ccccc3-c3ccccc32)c1C(=O)O. The van der Waals surface area contributed by atoms with E-state index in [1.165, 1.54) is 17.9 Å². The van der Waals surface area contributed by atoms with Crippen LogP contribution in [-0.4, -0.2) is 57.2 Å². The number of amides is 2. The first-order chi connectivity index (χ1) is 16.8. The topological polar surface area (TPSA) is 143 Å². The molecule has 1 atom stereocenters. The quantitative estimate of drug-likeness (QED) is 0.368. The molecule has 0 bridgehead atoms. The zero-order valence-corrected chi connectivity index (χ0v) is 19.1. The van der Waals surface area contributed by atoms with Gasteiger partial charge in [-0.3, -0.25) is 9.48 Å². The largest absolute Gasteiger partial charge is 0.477 e. The first-order valence-corrected chi connectivity index (χ1v) is 11.1. The Labute approximate surface area is 201 Å². The van der Waals surface area contributed by atoms with Crippen molar-refractivity contribution in [2.45, 2.75) is 25.0 Å². The average Bonchev–Trinajstić information content (AvgIpc) is 3.37. The van der Waals surface area contributed by atoms with Crippen molar-refractivity contribution < 1.29 is 29.3 Å². The Balaban J connectivity index is 1.22. The molecule has 0 saturated carbocycles. The van der Waals surface area contributed by atoms with E-state index in [4.69, 9.17) is 4.74 Å². The average molecular weight is 479 g/mol. The summed E-state index contributed by atoms with van der Waals surface area (Å²) in [6, 6.07) is 16.0. The van der Waals surface area contributed by atoms with Crippen LogP contribution in [0.3, 0.4) is 0 Å². The molecule has 2 amide bonds. The molecule has 0 aliphatic heterocycles. The number of aliphatic hydroxyl groups is 1. The molecule has 4 N–H and O–H groups in total. The number of rotatable bonds is 9. The van der Waals surface area contributed by atoms with E-state index in [0.717, 1.165) is 22.3 Å². The Kier molecular flexibility index (Phi) is 7.11. The Bertz CT molecular complexity index is 1210. The smallest absolute Gasteiger partial charge is 0.407 e. The van der Waals surface area contributed by atoms with E-state index in [2.05, 4.69) is 15.7 Å². The molecule has 2 aromatic carbocycles. The number of ether oxygens (including phenoxy) is 1. The molecule has 0 radical (unpaired) electrons. The molecule has 10 nitrogen and oxygen atoms in total. The summed E-state index contributed by atoms with van der Waals surface area (Å²) in [5, 5.41) is 28.2. The number of nitrogens with one attached hydrogen (secondary N) is 2. The molecule has 4 rings (SSSR count). The van der Waals surface area contributed by atoms with Gasteiger partial charge < -0.3 is 25.6 Å². The third-order valence-corrected chi connectivity index (χ3v) is 5.94. The summed E-state index contributed by atoms with van der Waals surface area (Å²) < 4.78 is 6.62. The third-order valence-electron chi connectivity index (χ3n) is 5.94. The molecule has 0 saturated heterocycles. The standard InChI is InChI=1S/C25H26N4O6/c1-29-23(24(32)33)15(12-28-29)11-26-22(31)10-16(30)13-27-25(34)35-14-21-19-8-4-2-6-17(19)18-7-3-5-9-20(18)21/h2-9,12,16,21,30H,10-11,13-14H2,1H3,(H,26,31)(H,27,34)(H,32,33). The van der Waals surface area contributed by atoms with Gasteiger partial charge in [0.2, 0.25) is 5.91 Å². The number of nitrogens with zero attached hydrogens (tertiary/aromatic N) is 2. The number of carbonyl (C=O) groups is 3. The number of benzene rings is 2. The van der Waals surface area contributed by atoms with Crippen molar-refractivity contribution in [3.8, 4) is 11.1 Å². The lowest BCUT2D eigenvalue weighted by Crippen LogP contribution is -2.36. The fourth-order valence-corrected chi connectivity index (χ4v) is 4.29. The van der Waals surface area contributed by atoms with Crippen molar-refractivity contribution in [2.24, 2.45) is 7.05 Å². The van der Waals surface area contributed by atoms with Crippen LogP contribution in [0.5, 0.6) is 0 Å². The first-order valence-electron chi connectivity index (χ1n) is 11.1. The molecule has 182 valence electrons. The predicted octanol–water partition coefficient (Wildman–Crippen LogP) is 2.02. The summed E-state index contributed by atoms with van der Waals surface area (Å²) in [6.45, 7) is -0.0638. The number of hydrogen-bond donors (Lipinski definition) is 4. The molecule has 3 aromatic rings. The second-order valence-electron chi connectivity index (χ2n) is 8.29. The lowest BCUT2D eigenvalue weighted by atomic mass is 9.98. The van der Waals surface area contributed by atoms with E-state index in [0.29, 0.717) is 5.56 Å². The van der Waals surface area contributed by atoms with Crippen LogP contribution in [0.4, 0.5) is 4.79 Å². The molecule has 1 heterocycles. The van der Waals surface area contributed by atoms with Crippen LogP contribution in [0, 0.1) is 0 Å². The summed E-state index contributed by atoms with van der Waals surface area (Å²) in [5.41, 5.74) is 4.76. The van der Waals surface area contributed by atoms with Gasteiger partial charge in [-0.1, -0.05) is 48.5 Å². The van der Waals surface area contributed by atoms with Gasteiger partial charge >= 0.3 is 12.1 Å². The minimum absolute atomic E-state index is 0.0252. The van der Waals surface area contributed by atoms with Crippen LogP contribution in [0.15, 0.2) is 54.7 Å². The van der Waals surface area contributed by atoms with E-state index in [9.17, 15) is 24.6 Å². The van der Waals surface area contributed by atoms with Crippen LogP contribution in [0.2, 0.25) is 0 Å². The van der Waals surface area contributed by atoms with Gasteiger partial charge in [0, 0.05) is 31.6 Å². The van der Waals surface area contributed by atoms with Crippen molar-refractivity contribution >= 4 is 18.0 Å². The molecule has 1 unspecified atom stereocenters. The molecule has 0 fully saturated rings. The monoisotopic (exact) mass is 478 g/mol. The highest BCUT2D eigenvalue weighted by molar-refractivity contribution is 5.87. The lowest BCUT2D eigenvalue weighted by molar-refractivity contribution is -0.123. The van der Waals surface area contributed by atoms with Crippen molar-refractivity contribution in [3.63, 3.8) is 0 Å². The van der Waals surface area contributed by atoms with Gasteiger partial charge in [-0.05, 0) is 22.3 Å². The molecule has 1 aliphatic carbocycles. The molecular formula is C25H26N4O6. The second-order valence-corrected chi connectivity index (χ2v) is 8.29. The van der Waals surface area contributed by atoms with Gasteiger partial charge in [-0.25, -0.2) is 9.59 Å². The molecule has 10 heteroatoms. The van der Waals surface area contributed by atoms with Gasteiger partial charge in [0.1, 0.15) is 6.61 Å². The van der Waals surface area contributed by atoms with Gasteiger partial charge in [0.25, 0.3) is 0 Å². The molecule has 35 heavy (non-hydrogen) atoms. The first kappa shape index (κ1) is 24.0. The Morgan fingerprint density at radius 1 is 1.06 bits per heavy atom. The number of aromatic carboxylic acids is 1. The van der Waals surface area contributed by atoms with Crippen molar-refractivity contribution in [1.29, 1.82) is 0 Å². The Hall–Kier alpha value is -4.18. The van der Waals surface area contributed by atoms with E-state index in [-0.39, 0.29) is 37.7 Å². The van der Waals surface area contributed by atoms with Crippen LogP contribution >= 0.6 is 0 Å². The van der Waals surface area contributed by atoms with Crippen LogP contribution in [-0.2, 0) is 23.1 Å². The zero-order chi connectivity index (χ0) is 24.9. The number of aryl methyl sites for hydroxylation is 1. The van der Waals surface area contributed by atoms with Gasteiger partial charge in [-0.15, -0.1) is 0 Å². The number of aromatic nitrogens is 2. The zero-order valence-electron chi connectivity index (χ0n) is 19.1. The van der Waals surface area contributed by atoms with Crippen LogP contribution < -0.4 is 10.6 Å². The summed E-state index contributed by atoms with van der Waals surface area (Å²) in [7, 11) is 1.49. The number of aliphatic hydroxyl groups excluding tert-OH is 1. The maximum Gasteiger partial charge on any atom is 0.407 e. The van der Waals surface area contributed by atoms with Crippen molar-refractivity contribution in [1.82, 2.24) is 20.4 Å². The second kappa shape index (κ2) is 10.4. The summed E-state index contributed by atoms with van der Waals surface area (Å²) in [5.74, 6) is -1.72. The normalized spacial score (nSPS) is 13.0. The van der Waals surface area contributed by atoms with E-state index >= 15 is 0 Å². The highest BCUT2D eigenvalue weighted by Gasteiger charge is 2.29. The number of carboxylic acids is 1. The van der Waals surface area contributed by atoms with E-state index in [1.807, 2.05) is 48.5 Å². The number of fused-ring (bicyclic) bond motifs is 3. The van der Waals surface area contributed by atoms with Crippen molar-refractivity contribution in [3.05, 3.63) is 77.1 Å². The minimum atomic E-state index is -1.15. The van der Waals surface area contributed by atoms with E-state index < -0.39 is 24.1 Å². The van der Waals surface area contributed by atoms with Crippen LogP contribution in [0.1, 0.15) is 39.5 Å².